The summed E-state index contributed by atoms with van der Waals surface area (Å²) in [5, 5.41) is 10.8. The van der Waals surface area contributed by atoms with Crippen molar-refractivity contribution < 1.29 is 22.7 Å². The van der Waals surface area contributed by atoms with Gasteiger partial charge >= 0.3 is 0 Å². The molecule has 0 saturated carbocycles. The van der Waals surface area contributed by atoms with Gasteiger partial charge in [-0.25, -0.2) is 4.39 Å². The van der Waals surface area contributed by atoms with Gasteiger partial charge in [0, 0.05) is 18.5 Å². The lowest BCUT2D eigenvalue weighted by Crippen LogP contribution is -2.27. The molecule has 0 aliphatic rings. The van der Waals surface area contributed by atoms with Crippen molar-refractivity contribution >= 4 is 17.7 Å². The number of carbonyl (C=O) groups excluding carboxylic acids is 1. The maximum absolute atomic E-state index is 13.1. The second-order valence-corrected chi connectivity index (χ2v) is 7.84. The molecule has 6 nitrogen and oxygen atoms in total. The van der Waals surface area contributed by atoms with Crippen LogP contribution in [0, 0.1) is 5.82 Å². The molecular weight excluding hydrogens is 441 g/mol. The van der Waals surface area contributed by atoms with E-state index < -0.39 is 5.76 Å². The smallest absolute Gasteiger partial charge is 0.291 e. The number of benzene rings is 2. The average molecular weight is 465 g/mol. The molecule has 1 unspecified atom stereocenters. The van der Waals surface area contributed by atoms with Crippen LogP contribution in [0.4, 0.5) is 13.2 Å². The van der Waals surface area contributed by atoms with Crippen molar-refractivity contribution in [2.75, 3.05) is 6.61 Å². The van der Waals surface area contributed by atoms with Crippen LogP contribution >= 0.6 is 11.8 Å². The first kappa shape index (κ1) is 23.6. The first-order valence-electron chi connectivity index (χ1n) is 10.0. The number of alkyl halides is 2. The lowest BCUT2D eigenvalue weighted by Gasteiger charge is -2.15. The van der Waals surface area contributed by atoms with Gasteiger partial charge < -0.3 is 14.6 Å². The van der Waals surface area contributed by atoms with Crippen LogP contribution in [0.1, 0.15) is 31.9 Å². The van der Waals surface area contributed by atoms with E-state index in [-0.39, 0.29) is 47.7 Å². The van der Waals surface area contributed by atoms with E-state index in [0.717, 1.165) is 5.56 Å². The van der Waals surface area contributed by atoms with Gasteiger partial charge in [-0.2, -0.15) is 8.78 Å². The molecule has 0 saturated heterocycles. The first-order valence-corrected chi connectivity index (χ1v) is 10.9. The highest BCUT2D eigenvalue weighted by molar-refractivity contribution is 7.99. The van der Waals surface area contributed by atoms with E-state index in [2.05, 4.69) is 15.5 Å². The summed E-state index contributed by atoms with van der Waals surface area (Å²) < 4.78 is 46.0. The molecule has 0 fully saturated rings. The summed E-state index contributed by atoms with van der Waals surface area (Å²) in [6, 6.07) is 12.6. The number of aromatic nitrogens is 3. The maximum Gasteiger partial charge on any atom is 0.291 e. The summed E-state index contributed by atoms with van der Waals surface area (Å²) >= 11 is 0.280. The summed E-state index contributed by atoms with van der Waals surface area (Å²) in [4.78, 5) is 12.5. The zero-order valence-corrected chi connectivity index (χ0v) is 18.4. The van der Waals surface area contributed by atoms with Crippen molar-refractivity contribution in [3.8, 4) is 17.1 Å². The lowest BCUT2D eigenvalue weighted by molar-refractivity contribution is -0.122. The molecule has 3 rings (SSSR count). The van der Waals surface area contributed by atoms with E-state index in [0.29, 0.717) is 23.7 Å². The Hall–Kier alpha value is -3.01. The third-order valence-corrected chi connectivity index (χ3v) is 5.34. The Morgan fingerprint density at radius 2 is 1.81 bits per heavy atom. The van der Waals surface area contributed by atoms with Crippen LogP contribution in [0.15, 0.2) is 53.7 Å². The van der Waals surface area contributed by atoms with Crippen LogP contribution in [-0.4, -0.2) is 33.0 Å². The van der Waals surface area contributed by atoms with Crippen molar-refractivity contribution in [3.63, 3.8) is 0 Å². The summed E-state index contributed by atoms with van der Waals surface area (Å²) in [7, 11) is 0. The van der Waals surface area contributed by atoms with Gasteiger partial charge in [-0.15, -0.1) is 10.2 Å². The number of amides is 1. The molecule has 2 aromatic carbocycles. The van der Waals surface area contributed by atoms with Crippen molar-refractivity contribution in [1.29, 1.82) is 0 Å². The minimum Gasteiger partial charge on any atom is -0.494 e. The molecule has 170 valence electrons. The predicted molar refractivity (Wildman–Crippen MR) is 116 cm³/mol. The molecule has 0 aliphatic heterocycles. The molecule has 1 heterocycles. The minimum atomic E-state index is -2.67. The Bertz CT molecular complexity index is 1030. The molecule has 0 radical (unpaired) electrons. The number of carbonyl (C=O) groups is 1. The third-order valence-electron chi connectivity index (χ3n) is 4.64. The van der Waals surface area contributed by atoms with E-state index in [1.165, 1.54) is 16.7 Å². The fourth-order valence-corrected chi connectivity index (χ4v) is 3.65. The van der Waals surface area contributed by atoms with Gasteiger partial charge in [-0.05, 0) is 67.6 Å². The Labute approximate surface area is 188 Å². The van der Waals surface area contributed by atoms with Crippen LogP contribution < -0.4 is 10.1 Å². The van der Waals surface area contributed by atoms with Gasteiger partial charge in [-0.3, -0.25) is 4.79 Å². The van der Waals surface area contributed by atoms with Crippen molar-refractivity contribution in [1.82, 2.24) is 20.1 Å². The second-order valence-electron chi connectivity index (χ2n) is 6.88. The second kappa shape index (κ2) is 11.0. The van der Waals surface area contributed by atoms with Crippen LogP contribution in [0.3, 0.4) is 0 Å². The number of thioether (sulfide) groups is 1. The molecule has 0 aliphatic carbocycles. The van der Waals surface area contributed by atoms with Gasteiger partial charge in [0.25, 0.3) is 5.76 Å². The zero-order valence-electron chi connectivity index (χ0n) is 17.6. The van der Waals surface area contributed by atoms with Gasteiger partial charge in [0.05, 0.1) is 12.6 Å². The Kier molecular flexibility index (Phi) is 8.15. The number of rotatable bonds is 10. The third kappa shape index (κ3) is 6.25. The molecular formula is C22H23F3N4O2S. The zero-order chi connectivity index (χ0) is 23.1. The average Bonchev–Trinajstić information content (AvgIpc) is 3.15. The van der Waals surface area contributed by atoms with Crippen molar-refractivity contribution in [2.45, 2.75) is 43.8 Å². The number of hydrogen-bond acceptors (Lipinski definition) is 5. The lowest BCUT2D eigenvalue weighted by atomic mass is 10.1. The standard InChI is InChI=1S/C22H23F3N4O2S/c1-3-31-18-10-6-16(7-11-18)20-27-28-22(32-21(24)25)29(20)13-12-19(30)26-14(2)15-4-8-17(23)9-5-15/h4-11,14,21H,3,12-13H2,1-2H3,(H,26,30). The number of nitrogens with one attached hydrogen (secondary N) is 1. The highest BCUT2D eigenvalue weighted by atomic mass is 32.2. The summed E-state index contributed by atoms with van der Waals surface area (Å²) in [6.07, 6.45) is 0.0321. The highest BCUT2D eigenvalue weighted by Crippen LogP contribution is 2.29. The normalized spacial score (nSPS) is 12.1. The first-order chi connectivity index (χ1) is 15.4. The van der Waals surface area contributed by atoms with Crippen molar-refractivity contribution in [2.24, 2.45) is 0 Å². The molecule has 10 heteroatoms. The highest BCUT2D eigenvalue weighted by Gasteiger charge is 2.19. The SMILES string of the molecule is CCOc1ccc(-c2nnc(SC(F)F)n2CCC(=O)NC(C)c2ccc(F)cc2)cc1. The van der Waals surface area contributed by atoms with Gasteiger partial charge in [0.1, 0.15) is 11.6 Å². The number of hydrogen-bond donors (Lipinski definition) is 1. The minimum absolute atomic E-state index is 0.0308. The molecule has 1 atom stereocenters. The predicted octanol–water partition coefficient (Wildman–Crippen LogP) is 5.07. The molecule has 1 N–H and O–H groups in total. The Morgan fingerprint density at radius 3 is 2.44 bits per heavy atom. The van der Waals surface area contributed by atoms with Crippen LogP contribution in [0.5, 0.6) is 5.75 Å². The Balaban J connectivity index is 1.72. The Morgan fingerprint density at radius 1 is 1.12 bits per heavy atom. The fourth-order valence-electron chi connectivity index (χ4n) is 3.10. The molecule has 0 spiro atoms. The number of halogens is 3. The molecule has 1 aromatic heterocycles. The topological polar surface area (TPSA) is 69.0 Å². The van der Waals surface area contributed by atoms with Gasteiger partial charge in [0.15, 0.2) is 11.0 Å². The molecule has 32 heavy (non-hydrogen) atoms. The quantitative estimate of drug-likeness (QED) is 0.425. The molecule has 1 amide bonds. The monoisotopic (exact) mass is 464 g/mol. The van der Waals surface area contributed by atoms with Gasteiger partial charge in [-0.1, -0.05) is 12.1 Å². The van der Waals surface area contributed by atoms with E-state index in [1.807, 2.05) is 6.92 Å². The summed E-state index contributed by atoms with van der Waals surface area (Å²) in [5.74, 6) is -2.24. The largest absolute Gasteiger partial charge is 0.494 e. The van der Waals surface area contributed by atoms with Gasteiger partial charge in [0.2, 0.25) is 5.91 Å². The number of ether oxygens (including phenoxy) is 1. The van der Waals surface area contributed by atoms with E-state index in [9.17, 15) is 18.0 Å². The van der Waals surface area contributed by atoms with Crippen molar-refractivity contribution in [3.05, 3.63) is 59.9 Å². The molecule has 3 aromatic rings. The number of nitrogens with zero attached hydrogens (tertiary/aromatic N) is 3. The van der Waals surface area contributed by atoms with Crippen LogP contribution in [-0.2, 0) is 11.3 Å². The summed E-state index contributed by atoms with van der Waals surface area (Å²) in [6.45, 7) is 4.30. The fraction of sp³-hybridized carbons (Fsp3) is 0.318. The van der Waals surface area contributed by atoms with E-state index in [1.54, 1.807) is 43.3 Å². The van der Waals surface area contributed by atoms with Crippen LogP contribution in [0.2, 0.25) is 0 Å². The molecule has 0 bridgehead atoms. The van der Waals surface area contributed by atoms with E-state index >= 15 is 0 Å². The van der Waals surface area contributed by atoms with E-state index in [4.69, 9.17) is 4.74 Å². The maximum atomic E-state index is 13.1. The van der Waals surface area contributed by atoms with Crippen LogP contribution in [0.25, 0.3) is 11.4 Å². The summed E-state index contributed by atoms with van der Waals surface area (Å²) in [5.41, 5.74) is 1.43.